The van der Waals surface area contributed by atoms with Crippen molar-refractivity contribution < 1.29 is 9.53 Å². The number of H-pyrrole nitrogens is 1. The van der Waals surface area contributed by atoms with Crippen molar-refractivity contribution in [1.29, 1.82) is 0 Å². The Labute approximate surface area is 142 Å². The van der Waals surface area contributed by atoms with Gasteiger partial charge in [-0.05, 0) is 24.3 Å². The molecule has 0 saturated heterocycles. The lowest BCUT2D eigenvalue weighted by Crippen LogP contribution is -2.28. The third-order valence-corrected chi connectivity index (χ3v) is 4.19. The van der Waals surface area contributed by atoms with Crippen molar-refractivity contribution in [2.75, 3.05) is 7.11 Å². The summed E-state index contributed by atoms with van der Waals surface area (Å²) in [6, 6.07) is 15.1. The van der Waals surface area contributed by atoms with Gasteiger partial charge in [0.2, 0.25) is 0 Å². The minimum atomic E-state index is -0.464. The Morgan fingerprint density at radius 1 is 1.08 bits per heavy atom. The maximum absolute atomic E-state index is 12.8. The van der Waals surface area contributed by atoms with Gasteiger partial charge >= 0.3 is 11.7 Å². The zero-order valence-corrected chi connectivity index (χ0v) is 13.6. The van der Waals surface area contributed by atoms with E-state index in [9.17, 15) is 9.59 Å². The first kappa shape index (κ1) is 15.2. The number of fused-ring (bicyclic) bond motifs is 2. The van der Waals surface area contributed by atoms with Crippen molar-refractivity contribution in [3.63, 3.8) is 0 Å². The molecule has 2 aromatic carbocycles. The molecule has 126 valence electrons. The molecule has 0 aliphatic rings. The van der Waals surface area contributed by atoms with Crippen LogP contribution in [-0.4, -0.2) is 32.2 Å². The first-order valence-corrected chi connectivity index (χ1v) is 7.86. The SMILES string of the molecule is COC(=O)Cn1c(=O)n(Cc2nc3ccccc3[nH]2)c2ccccc21. The molecule has 0 unspecified atom stereocenters. The first-order chi connectivity index (χ1) is 12.2. The van der Waals surface area contributed by atoms with Gasteiger partial charge in [-0.15, -0.1) is 0 Å². The lowest BCUT2D eigenvalue weighted by Gasteiger charge is -2.00. The standard InChI is InChI=1S/C18H16N4O3/c1-25-17(23)11-22-15-9-5-4-8-14(15)21(18(22)24)10-16-19-12-6-2-3-7-13(12)20-16/h2-9H,10-11H2,1H3,(H,19,20). The molecule has 2 aromatic heterocycles. The van der Waals surface area contributed by atoms with Crippen molar-refractivity contribution in [3.8, 4) is 0 Å². The first-order valence-electron chi connectivity index (χ1n) is 7.86. The Kier molecular flexibility index (Phi) is 3.61. The van der Waals surface area contributed by atoms with Crippen molar-refractivity contribution in [2.45, 2.75) is 13.1 Å². The Bertz CT molecular complexity index is 1100. The van der Waals surface area contributed by atoms with E-state index in [1.54, 1.807) is 4.57 Å². The number of nitrogens with zero attached hydrogens (tertiary/aromatic N) is 3. The van der Waals surface area contributed by atoms with Crippen molar-refractivity contribution >= 4 is 28.0 Å². The molecule has 0 bridgehead atoms. The summed E-state index contributed by atoms with van der Waals surface area (Å²) in [5.41, 5.74) is 2.94. The van der Waals surface area contributed by atoms with E-state index < -0.39 is 5.97 Å². The summed E-state index contributed by atoms with van der Waals surface area (Å²) in [7, 11) is 1.31. The van der Waals surface area contributed by atoms with E-state index in [0.717, 1.165) is 16.6 Å². The smallest absolute Gasteiger partial charge is 0.330 e. The van der Waals surface area contributed by atoms with Crippen LogP contribution in [0.25, 0.3) is 22.1 Å². The Hall–Kier alpha value is -3.35. The summed E-state index contributed by atoms with van der Waals surface area (Å²) in [6.07, 6.45) is 0. The molecule has 1 N–H and O–H groups in total. The molecule has 7 heteroatoms. The second-order valence-electron chi connectivity index (χ2n) is 5.72. The predicted molar refractivity (Wildman–Crippen MR) is 93.4 cm³/mol. The summed E-state index contributed by atoms with van der Waals surface area (Å²) in [5.74, 6) is 0.220. The summed E-state index contributed by atoms with van der Waals surface area (Å²) < 4.78 is 7.73. The molecule has 0 fully saturated rings. The van der Waals surface area contributed by atoms with Crippen LogP contribution in [0.15, 0.2) is 53.3 Å². The molecule has 4 rings (SSSR count). The van der Waals surface area contributed by atoms with E-state index in [1.807, 2.05) is 48.5 Å². The fourth-order valence-corrected chi connectivity index (χ4v) is 3.00. The number of hydrogen-bond acceptors (Lipinski definition) is 4. The molecule has 0 spiro atoms. The van der Waals surface area contributed by atoms with E-state index in [2.05, 4.69) is 9.97 Å². The van der Waals surface area contributed by atoms with Gasteiger partial charge in [-0.25, -0.2) is 9.78 Å². The number of carbonyl (C=O) groups is 1. The van der Waals surface area contributed by atoms with E-state index in [0.29, 0.717) is 17.9 Å². The Morgan fingerprint density at radius 3 is 2.48 bits per heavy atom. The maximum atomic E-state index is 12.8. The number of aromatic nitrogens is 4. The molecule has 0 aliphatic heterocycles. The van der Waals surface area contributed by atoms with Crippen LogP contribution in [0.1, 0.15) is 5.82 Å². The normalized spacial score (nSPS) is 11.2. The molecule has 0 amide bonds. The van der Waals surface area contributed by atoms with Gasteiger partial charge in [0.05, 0.1) is 35.7 Å². The highest BCUT2D eigenvalue weighted by atomic mass is 16.5. The largest absolute Gasteiger partial charge is 0.468 e. The number of carbonyl (C=O) groups excluding carboxylic acids is 1. The quantitative estimate of drug-likeness (QED) is 0.577. The second kappa shape index (κ2) is 5.94. The van der Waals surface area contributed by atoms with Gasteiger partial charge in [0.1, 0.15) is 12.4 Å². The minimum absolute atomic E-state index is 0.122. The number of benzene rings is 2. The minimum Gasteiger partial charge on any atom is -0.468 e. The average molecular weight is 336 g/mol. The number of hydrogen-bond donors (Lipinski definition) is 1. The van der Waals surface area contributed by atoms with Crippen molar-refractivity contribution in [1.82, 2.24) is 19.1 Å². The third kappa shape index (κ3) is 2.59. The molecule has 0 atom stereocenters. The molecule has 0 radical (unpaired) electrons. The highest BCUT2D eigenvalue weighted by Gasteiger charge is 2.16. The number of methoxy groups -OCH3 is 1. The lowest BCUT2D eigenvalue weighted by molar-refractivity contribution is -0.141. The van der Waals surface area contributed by atoms with E-state index in [4.69, 9.17) is 4.74 Å². The van der Waals surface area contributed by atoms with Crippen LogP contribution in [0.5, 0.6) is 0 Å². The summed E-state index contributed by atoms with van der Waals surface area (Å²) in [4.78, 5) is 32.2. The monoisotopic (exact) mass is 336 g/mol. The summed E-state index contributed by atoms with van der Waals surface area (Å²) in [5, 5.41) is 0. The molecule has 0 aliphatic carbocycles. The summed E-state index contributed by atoms with van der Waals surface area (Å²) in [6.45, 7) is 0.172. The number of imidazole rings is 2. The Balaban J connectivity index is 1.82. The number of nitrogens with one attached hydrogen (secondary N) is 1. The van der Waals surface area contributed by atoms with Crippen LogP contribution in [-0.2, 0) is 22.6 Å². The second-order valence-corrected chi connectivity index (χ2v) is 5.72. The van der Waals surface area contributed by atoms with Crippen LogP contribution in [0.3, 0.4) is 0 Å². The molecule has 2 heterocycles. The van der Waals surface area contributed by atoms with Crippen LogP contribution in [0, 0.1) is 0 Å². The lowest BCUT2D eigenvalue weighted by atomic mass is 10.3. The fraction of sp³-hybridized carbons (Fsp3) is 0.167. The number of rotatable bonds is 4. The number of ether oxygens (including phenoxy) is 1. The highest BCUT2D eigenvalue weighted by Crippen LogP contribution is 2.16. The molecule has 7 nitrogen and oxygen atoms in total. The third-order valence-electron chi connectivity index (χ3n) is 4.19. The Morgan fingerprint density at radius 2 is 1.76 bits per heavy atom. The predicted octanol–water partition coefficient (Wildman–Crippen LogP) is 1.90. The molecule has 25 heavy (non-hydrogen) atoms. The average Bonchev–Trinajstić information content (AvgIpc) is 3.16. The maximum Gasteiger partial charge on any atom is 0.330 e. The molecular weight excluding hydrogens is 320 g/mol. The van der Waals surface area contributed by atoms with Crippen LogP contribution < -0.4 is 5.69 Å². The summed E-state index contributed by atoms with van der Waals surface area (Å²) >= 11 is 0. The van der Waals surface area contributed by atoms with Crippen LogP contribution in [0.2, 0.25) is 0 Å². The number of para-hydroxylation sites is 4. The van der Waals surface area contributed by atoms with Crippen LogP contribution in [0.4, 0.5) is 0 Å². The van der Waals surface area contributed by atoms with E-state index >= 15 is 0 Å². The topological polar surface area (TPSA) is 81.9 Å². The van der Waals surface area contributed by atoms with Gasteiger partial charge in [-0.3, -0.25) is 13.9 Å². The molecule has 0 saturated carbocycles. The van der Waals surface area contributed by atoms with Gasteiger partial charge in [-0.1, -0.05) is 24.3 Å². The van der Waals surface area contributed by atoms with E-state index in [1.165, 1.54) is 11.7 Å². The molecular formula is C18H16N4O3. The van der Waals surface area contributed by atoms with Gasteiger partial charge in [0, 0.05) is 0 Å². The highest BCUT2D eigenvalue weighted by molar-refractivity contribution is 5.79. The zero-order valence-electron chi connectivity index (χ0n) is 13.6. The van der Waals surface area contributed by atoms with Gasteiger partial charge in [-0.2, -0.15) is 0 Å². The van der Waals surface area contributed by atoms with Gasteiger partial charge in [0.15, 0.2) is 0 Å². The van der Waals surface area contributed by atoms with E-state index in [-0.39, 0.29) is 12.2 Å². The number of aromatic amines is 1. The zero-order chi connectivity index (χ0) is 17.4. The van der Waals surface area contributed by atoms with Gasteiger partial charge < -0.3 is 9.72 Å². The van der Waals surface area contributed by atoms with Crippen molar-refractivity contribution in [3.05, 3.63) is 64.8 Å². The van der Waals surface area contributed by atoms with Gasteiger partial charge in [0.25, 0.3) is 0 Å². The molecule has 4 aromatic rings. The fourth-order valence-electron chi connectivity index (χ4n) is 3.00. The van der Waals surface area contributed by atoms with Crippen molar-refractivity contribution in [2.24, 2.45) is 0 Å². The van der Waals surface area contributed by atoms with Crippen LogP contribution >= 0.6 is 0 Å². The number of esters is 1.